The Kier molecular flexibility index (Phi) is 3.66. The van der Waals surface area contributed by atoms with E-state index in [-0.39, 0.29) is 17.9 Å². The number of hydrogen-bond donors (Lipinski definition) is 1. The monoisotopic (exact) mass is 355 g/mol. The summed E-state index contributed by atoms with van der Waals surface area (Å²) >= 11 is 0. The van der Waals surface area contributed by atoms with Crippen molar-refractivity contribution >= 4 is 5.91 Å². The van der Waals surface area contributed by atoms with Crippen molar-refractivity contribution in [1.82, 2.24) is 4.90 Å². The number of nitrogens with zero attached hydrogens (tertiary/aromatic N) is 1. The van der Waals surface area contributed by atoms with Crippen LogP contribution in [0.5, 0.6) is 0 Å². The predicted molar refractivity (Wildman–Crippen MR) is 106 cm³/mol. The van der Waals surface area contributed by atoms with Crippen molar-refractivity contribution in [3.05, 3.63) is 83.9 Å². The molecule has 0 aromatic heterocycles. The lowest BCUT2D eigenvalue weighted by molar-refractivity contribution is -0.163. The number of rotatable bonds is 3. The van der Waals surface area contributed by atoms with Gasteiger partial charge in [0.05, 0.1) is 18.1 Å². The molecule has 5 rings (SSSR count). The number of fused-ring (bicyclic) bond motifs is 3. The van der Waals surface area contributed by atoms with Gasteiger partial charge in [0.1, 0.15) is 0 Å². The van der Waals surface area contributed by atoms with Crippen LogP contribution in [0.25, 0.3) is 22.3 Å². The van der Waals surface area contributed by atoms with E-state index in [0.29, 0.717) is 6.54 Å². The van der Waals surface area contributed by atoms with E-state index in [9.17, 15) is 9.90 Å². The van der Waals surface area contributed by atoms with Gasteiger partial charge in [0, 0.05) is 6.54 Å². The molecule has 2 aliphatic rings. The van der Waals surface area contributed by atoms with Gasteiger partial charge in [-0.1, -0.05) is 60.7 Å². The average molecular weight is 355 g/mol. The molecule has 0 saturated carbocycles. The van der Waals surface area contributed by atoms with E-state index >= 15 is 0 Å². The number of carbonyl (C=O) groups is 1. The minimum Gasteiger partial charge on any atom is -0.392 e. The molecule has 0 spiro atoms. The second kappa shape index (κ2) is 6.07. The fraction of sp³-hybridized carbons (Fsp3) is 0.208. The Morgan fingerprint density at radius 1 is 0.926 bits per heavy atom. The summed E-state index contributed by atoms with van der Waals surface area (Å²) in [6.07, 6.45) is -0.637. The van der Waals surface area contributed by atoms with Crippen LogP contribution in [0.1, 0.15) is 24.1 Å². The fourth-order valence-electron chi connectivity index (χ4n) is 4.59. The lowest BCUT2D eigenvalue weighted by Gasteiger charge is -2.44. The van der Waals surface area contributed by atoms with E-state index in [1.165, 1.54) is 16.7 Å². The first-order valence-electron chi connectivity index (χ1n) is 9.41. The van der Waals surface area contributed by atoms with E-state index in [2.05, 4.69) is 36.4 Å². The number of aliphatic hydroxyl groups excluding tert-OH is 1. The maximum absolute atomic E-state index is 12.5. The van der Waals surface area contributed by atoms with Crippen molar-refractivity contribution in [1.29, 1.82) is 0 Å². The lowest BCUT2D eigenvalue weighted by atomic mass is 9.78. The molecular weight excluding hydrogens is 334 g/mol. The molecule has 0 radical (unpaired) electrons. The number of aliphatic hydroxyl groups is 1. The molecule has 3 atom stereocenters. The quantitative estimate of drug-likeness (QED) is 0.707. The Balaban J connectivity index is 1.72. The zero-order chi connectivity index (χ0) is 18.5. The third-order valence-electron chi connectivity index (χ3n) is 5.86. The fourth-order valence-corrected chi connectivity index (χ4v) is 4.59. The Hall–Kier alpha value is -2.91. The van der Waals surface area contributed by atoms with E-state index in [4.69, 9.17) is 0 Å². The molecule has 0 unspecified atom stereocenters. The average Bonchev–Trinajstić information content (AvgIpc) is 3.03. The molecule has 2 heterocycles. The number of carbonyl (C=O) groups excluding carboxylic acids is 1. The van der Waals surface area contributed by atoms with Gasteiger partial charge < -0.3 is 10.0 Å². The molecule has 3 aromatic rings. The van der Waals surface area contributed by atoms with Crippen LogP contribution in [-0.4, -0.2) is 22.0 Å². The molecule has 134 valence electrons. The van der Waals surface area contributed by atoms with Crippen molar-refractivity contribution in [2.24, 2.45) is 5.92 Å². The van der Waals surface area contributed by atoms with Crippen LogP contribution in [0.2, 0.25) is 0 Å². The van der Waals surface area contributed by atoms with E-state index in [1.807, 2.05) is 41.3 Å². The summed E-state index contributed by atoms with van der Waals surface area (Å²) in [6, 6.07) is 25.1. The molecule has 3 heteroatoms. The van der Waals surface area contributed by atoms with Crippen molar-refractivity contribution in [3.63, 3.8) is 0 Å². The SMILES string of the molecule is C[C@@H](O)[C@H]1C(=O)N2Cc3cc(-c4ccccc4)cc(-c4ccccc4)c3[C@H]12. The summed E-state index contributed by atoms with van der Waals surface area (Å²) in [4.78, 5) is 14.4. The van der Waals surface area contributed by atoms with Crippen LogP contribution in [0, 0.1) is 5.92 Å². The summed E-state index contributed by atoms with van der Waals surface area (Å²) in [7, 11) is 0. The maximum Gasteiger partial charge on any atom is 0.231 e. The molecule has 1 fully saturated rings. The Bertz CT molecular complexity index is 1010. The predicted octanol–water partition coefficient (Wildman–Crippen LogP) is 4.41. The second-order valence-electron chi connectivity index (χ2n) is 7.51. The largest absolute Gasteiger partial charge is 0.392 e. The third-order valence-corrected chi connectivity index (χ3v) is 5.86. The van der Waals surface area contributed by atoms with Crippen molar-refractivity contribution in [2.75, 3.05) is 0 Å². The lowest BCUT2D eigenvalue weighted by Crippen LogP contribution is -2.55. The van der Waals surface area contributed by atoms with E-state index < -0.39 is 6.10 Å². The second-order valence-corrected chi connectivity index (χ2v) is 7.51. The Morgan fingerprint density at radius 2 is 1.56 bits per heavy atom. The molecule has 0 aliphatic carbocycles. The first-order valence-corrected chi connectivity index (χ1v) is 9.41. The Labute approximate surface area is 158 Å². The van der Waals surface area contributed by atoms with Gasteiger partial charge in [-0.05, 0) is 52.4 Å². The number of hydrogen-bond acceptors (Lipinski definition) is 2. The normalized spacial score (nSPS) is 21.4. The van der Waals surface area contributed by atoms with Gasteiger partial charge >= 0.3 is 0 Å². The van der Waals surface area contributed by atoms with Crippen molar-refractivity contribution in [2.45, 2.75) is 25.6 Å². The van der Waals surface area contributed by atoms with Gasteiger partial charge in [-0.2, -0.15) is 0 Å². The Morgan fingerprint density at radius 3 is 2.19 bits per heavy atom. The zero-order valence-corrected chi connectivity index (χ0v) is 15.2. The zero-order valence-electron chi connectivity index (χ0n) is 15.2. The molecule has 1 N–H and O–H groups in total. The summed E-state index contributed by atoms with van der Waals surface area (Å²) < 4.78 is 0. The summed E-state index contributed by atoms with van der Waals surface area (Å²) in [6.45, 7) is 2.35. The van der Waals surface area contributed by atoms with Gasteiger partial charge in [-0.25, -0.2) is 0 Å². The highest BCUT2D eigenvalue weighted by molar-refractivity contribution is 5.91. The van der Waals surface area contributed by atoms with E-state index in [0.717, 1.165) is 16.7 Å². The van der Waals surface area contributed by atoms with Gasteiger partial charge in [-0.3, -0.25) is 4.79 Å². The van der Waals surface area contributed by atoms with Crippen LogP contribution in [0.4, 0.5) is 0 Å². The first kappa shape index (κ1) is 16.3. The molecule has 2 aliphatic heterocycles. The van der Waals surface area contributed by atoms with Gasteiger partial charge in [-0.15, -0.1) is 0 Å². The van der Waals surface area contributed by atoms with Gasteiger partial charge in [0.2, 0.25) is 5.91 Å². The minimum absolute atomic E-state index is 0.0208. The number of benzene rings is 3. The van der Waals surface area contributed by atoms with Crippen LogP contribution in [0.3, 0.4) is 0 Å². The molecular formula is C24H21NO2. The summed E-state index contributed by atoms with van der Waals surface area (Å²) in [5.74, 6) is -0.275. The highest BCUT2D eigenvalue weighted by Gasteiger charge is 2.54. The van der Waals surface area contributed by atoms with Gasteiger partial charge in [0.25, 0.3) is 0 Å². The standard InChI is InChI=1S/C24H21NO2/c1-15(26)21-23-22-19(14-25(23)24(21)27)12-18(16-8-4-2-5-9-16)13-20(22)17-10-6-3-7-11-17/h2-13,15,21,23,26H,14H2,1H3/t15-,21-,23+/m1/s1. The van der Waals surface area contributed by atoms with E-state index in [1.54, 1.807) is 6.92 Å². The van der Waals surface area contributed by atoms with Crippen molar-refractivity contribution in [3.8, 4) is 22.3 Å². The van der Waals surface area contributed by atoms with Crippen LogP contribution >= 0.6 is 0 Å². The summed E-state index contributed by atoms with van der Waals surface area (Å²) in [5.41, 5.74) is 7.04. The molecule has 1 saturated heterocycles. The minimum atomic E-state index is -0.637. The smallest absolute Gasteiger partial charge is 0.231 e. The van der Waals surface area contributed by atoms with Crippen LogP contribution in [0.15, 0.2) is 72.8 Å². The topological polar surface area (TPSA) is 40.5 Å². The number of β-lactam (4-membered cyclic amide) rings is 1. The third kappa shape index (κ3) is 2.42. The summed E-state index contributed by atoms with van der Waals surface area (Å²) in [5, 5.41) is 10.2. The molecule has 3 nitrogen and oxygen atoms in total. The maximum atomic E-state index is 12.5. The first-order chi connectivity index (χ1) is 13.1. The molecule has 3 aromatic carbocycles. The van der Waals surface area contributed by atoms with Crippen LogP contribution in [-0.2, 0) is 11.3 Å². The molecule has 1 amide bonds. The van der Waals surface area contributed by atoms with Gasteiger partial charge in [0.15, 0.2) is 0 Å². The molecule has 27 heavy (non-hydrogen) atoms. The van der Waals surface area contributed by atoms with Crippen LogP contribution < -0.4 is 0 Å². The highest BCUT2D eigenvalue weighted by Crippen LogP contribution is 2.53. The highest BCUT2D eigenvalue weighted by atomic mass is 16.3. The number of amides is 1. The van der Waals surface area contributed by atoms with Crippen molar-refractivity contribution < 1.29 is 9.90 Å². The molecule has 0 bridgehead atoms.